The fraction of sp³-hybridized carbons (Fsp3) is 0.286. The highest BCUT2D eigenvalue weighted by atomic mass is 19.1. The van der Waals surface area contributed by atoms with Gasteiger partial charge in [0, 0.05) is 25.4 Å². The molecule has 0 amide bonds. The number of carbonyl (C=O) groups is 1. The second kappa shape index (κ2) is 5.65. The Balaban J connectivity index is 2.21. The Kier molecular flexibility index (Phi) is 3.94. The molecule has 0 radical (unpaired) electrons. The number of aromatic carboxylic acids is 1. The van der Waals surface area contributed by atoms with E-state index in [4.69, 9.17) is 5.11 Å². The normalized spacial score (nSPS) is 10.6. The molecule has 2 aromatic rings. The van der Waals surface area contributed by atoms with E-state index in [1.807, 2.05) is 10.8 Å². The Morgan fingerprint density at radius 2 is 2.26 bits per heavy atom. The quantitative estimate of drug-likeness (QED) is 0.901. The third-order valence-corrected chi connectivity index (χ3v) is 2.89. The van der Waals surface area contributed by atoms with E-state index in [2.05, 4.69) is 11.9 Å². The van der Waals surface area contributed by atoms with Gasteiger partial charge in [-0.25, -0.2) is 14.2 Å². The summed E-state index contributed by atoms with van der Waals surface area (Å²) in [6.45, 7) is 2.94. The first-order chi connectivity index (χ1) is 9.11. The molecular weight excluding hydrogens is 247 g/mol. The molecule has 0 spiro atoms. The van der Waals surface area contributed by atoms with Gasteiger partial charge in [-0.1, -0.05) is 13.0 Å². The van der Waals surface area contributed by atoms with Gasteiger partial charge < -0.3 is 9.67 Å². The molecule has 0 saturated heterocycles. The number of carboxylic acids is 1. The van der Waals surface area contributed by atoms with E-state index >= 15 is 0 Å². The van der Waals surface area contributed by atoms with Gasteiger partial charge in [0.2, 0.25) is 0 Å². The van der Waals surface area contributed by atoms with Crippen molar-refractivity contribution in [1.82, 2.24) is 9.55 Å². The van der Waals surface area contributed by atoms with Crippen LogP contribution in [0.3, 0.4) is 0 Å². The van der Waals surface area contributed by atoms with Crippen molar-refractivity contribution in [3.05, 3.63) is 53.4 Å². The number of hydrogen-bond acceptors (Lipinski definition) is 2. The first-order valence-corrected chi connectivity index (χ1v) is 6.13. The highest BCUT2D eigenvalue weighted by molar-refractivity contribution is 5.87. The molecule has 0 atom stereocenters. The fourth-order valence-corrected chi connectivity index (χ4v) is 1.98. The maximum Gasteiger partial charge on any atom is 0.338 e. The fourth-order valence-electron chi connectivity index (χ4n) is 1.98. The van der Waals surface area contributed by atoms with Crippen LogP contribution in [-0.2, 0) is 13.0 Å². The molecule has 19 heavy (non-hydrogen) atoms. The largest absolute Gasteiger partial charge is 0.478 e. The lowest BCUT2D eigenvalue weighted by Crippen LogP contribution is -2.05. The molecule has 0 bridgehead atoms. The molecule has 5 heteroatoms. The molecule has 0 unspecified atom stereocenters. The topological polar surface area (TPSA) is 55.1 Å². The molecule has 0 aliphatic rings. The highest BCUT2D eigenvalue weighted by Gasteiger charge is 2.11. The second-order valence-corrected chi connectivity index (χ2v) is 4.33. The Morgan fingerprint density at radius 1 is 1.47 bits per heavy atom. The summed E-state index contributed by atoms with van der Waals surface area (Å²) in [7, 11) is 0. The van der Waals surface area contributed by atoms with E-state index in [0.29, 0.717) is 12.0 Å². The van der Waals surface area contributed by atoms with Crippen molar-refractivity contribution in [1.29, 1.82) is 0 Å². The summed E-state index contributed by atoms with van der Waals surface area (Å²) in [5, 5.41) is 8.77. The standard InChI is InChI=1S/C14H15FN2O2/c1-2-6-17-7-5-16-13(17)9-10-3-4-11(14(18)19)12(15)8-10/h3-5,7-8H,2,6,9H2,1H3,(H,18,19). The van der Waals surface area contributed by atoms with E-state index < -0.39 is 11.8 Å². The van der Waals surface area contributed by atoms with Crippen molar-refractivity contribution < 1.29 is 14.3 Å². The predicted octanol–water partition coefficient (Wildman–Crippen LogP) is 2.72. The van der Waals surface area contributed by atoms with Crippen molar-refractivity contribution in [2.75, 3.05) is 0 Å². The van der Waals surface area contributed by atoms with E-state index in [1.165, 1.54) is 12.1 Å². The lowest BCUT2D eigenvalue weighted by molar-refractivity contribution is 0.0692. The highest BCUT2D eigenvalue weighted by Crippen LogP contribution is 2.14. The van der Waals surface area contributed by atoms with Gasteiger partial charge in [-0.05, 0) is 24.1 Å². The van der Waals surface area contributed by atoms with Crippen molar-refractivity contribution in [3.63, 3.8) is 0 Å². The Morgan fingerprint density at radius 3 is 2.89 bits per heavy atom. The van der Waals surface area contributed by atoms with Crippen molar-refractivity contribution in [2.45, 2.75) is 26.3 Å². The molecule has 1 aromatic carbocycles. The van der Waals surface area contributed by atoms with Gasteiger partial charge in [0.25, 0.3) is 0 Å². The van der Waals surface area contributed by atoms with Gasteiger partial charge in [0.1, 0.15) is 11.6 Å². The molecule has 0 saturated carbocycles. The second-order valence-electron chi connectivity index (χ2n) is 4.33. The summed E-state index contributed by atoms with van der Waals surface area (Å²) >= 11 is 0. The van der Waals surface area contributed by atoms with Crippen LogP contribution < -0.4 is 0 Å². The zero-order chi connectivity index (χ0) is 13.8. The van der Waals surface area contributed by atoms with Gasteiger partial charge in [-0.2, -0.15) is 0 Å². The summed E-state index contributed by atoms with van der Waals surface area (Å²) in [4.78, 5) is 15.0. The minimum Gasteiger partial charge on any atom is -0.478 e. The van der Waals surface area contributed by atoms with Crippen LogP contribution in [0.2, 0.25) is 0 Å². The van der Waals surface area contributed by atoms with Crippen LogP contribution in [0.1, 0.15) is 35.1 Å². The number of rotatable bonds is 5. The summed E-state index contributed by atoms with van der Waals surface area (Å²) in [5.41, 5.74) is 0.409. The number of carboxylic acid groups (broad SMARTS) is 1. The van der Waals surface area contributed by atoms with Crippen molar-refractivity contribution >= 4 is 5.97 Å². The van der Waals surface area contributed by atoms with Gasteiger partial charge in [-0.3, -0.25) is 0 Å². The number of aryl methyl sites for hydroxylation is 1. The molecule has 0 fully saturated rings. The number of hydrogen-bond donors (Lipinski definition) is 1. The maximum atomic E-state index is 13.6. The van der Waals surface area contributed by atoms with Gasteiger partial charge in [-0.15, -0.1) is 0 Å². The third kappa shape index (κ3) is 2.99. The van der Waals surface area contributed by atoms with E-state index in [9.17, 15) is 9.18 Å². The van der Waals surface area contributed by atoms with Gasteiger partial charge in [0.05, 0.1) is 5.56 Å². The predicted molar refractivity (Wildman–Crippen MR) is 68.7 cm³/mol. The third-order valence-electron chi connectivity index (χ3n) is 2.89. The van der Waals surface area contributed by atoms with Crippen molar-refractivity contribution in [3.8, 4) is 0 Å². The van der Waals surface area contributed by atoms with Crippen LogP contribution in [0.5, 0.6) is 0 Å². The Hall–Kier alpha value is -2.17. The van der Waals surface area contributed by atoms with Crippen molar-refractivity contribution in [2.24, 2.45) is 0 Å². The summed E-state index contributed by atoms with van der Waals surface area (Å²) in [6, 6.07) is 4.17. The smallest absolute Gasteiger partial charge is 0.338 e. The van der Waals surface area contributed by atoms with Crippen LogP contribution in [0, 0.1) is 5.82 Å². The zero-order valence-electron chi connectivity index (χ0n) is 10.6. The van der Waals surface area contributed by atoms with E-state index in [0.717, 1.165) is 18.8 Å². The van der Waals surface area contributed by atoms with Crippen LogP contribution in [0.15, 0.2) is 30.6 Å². The average molecular weight is 262 g/mol. The van der Waals surface area contributed by atoms with E-state index in [-0.39, 0.29) is 5.56 Å². The summed E-state index contributed by atoms with van der Waals surface area (Å²) < 4.78 is 15.6. The molecule has 0 aliphatic carbocycles. The Labute approximate surface area is 110 Å². The zero-order valence-corrected chi connectivity index (χ0v) is 10.6. The van der Waals surface area contributed by atoms with Crippen LogP contribution in [0.4, 0.5) is 4.39 Å². The molecular formula is C14H15FN2O2. The van der Waals surface area contributed by atoms with Crippen LogP contribution in [0.25, 0.3) is 0 Å². The Bertz CT molecular complexity index is 593. The maximum absolute atomic E-state index is 13.6. The summed E-state index contributed by atoms with van der Waals surface area (Å²) in [5.74, 6) is -1.11. The lowest BCUT2D eigenvalue weighted by Gasteiger charge is -2.07. The number of benzene rings is 1. The first kappa shape index (κ1) is 13.3. The molecule has 2 rings (SSSR count). The monoisotopic (exact) mass is 262 g/mol. The first-order valence-electron chi connectivity index (χ1n) is 6.13. The minimum atomic E-state index is -1.25. The van der Waals surface area contributed by atoms with Crippen LogP contribution >= 0.6 is 0 Å². The number of halogens is 1. The van der Waals surface area contributed by atoms with Gasteiger partial charge >= 0.3 is 5.97 Å². The molecule has 100 valence electrons. The lowest BCUT2D eigenvalue weighted by atomic mass is 10.1. The summed E-state index contributed by atoms with van der Waals surface area (Å²) in [6.07, 6.45) is 5.09. The molecule has 1 N–H and O–H groups in total. The SMILES string of the molecule is CCCn1ccnc1Cc1ccc(C(=O)O)c(F)c1. The minimum absolute atomic E-state index is 0.305. The number of nitrogens with zero attached hydrogens (tertiary/aromatic N) is 2. The molecule has 0 aliphatic heterocycles. The number of aromatic nitrogens is 2. The van der Waals surface area contributed by atoms with Gasteiger partial charge in [0.15, 0.2) is 0 Å². The average Bonchev–Trinajstić information content (AvgIpc) is 2.77. The molecule has 4 nitrogen and oxygen atoms in total. The van der Waals surface area contributed by atoms with Crippen LogP contribution in [-0.4, -0.2) is 20.6 Å². The van der Waals surface area contributed by atoms with E-state index in [1.54, 1.807) is 12.3 Å². The number of imidazole rings is 1. The molecule has 1 aromatic heterocycles. The molecule has 1 heterocycles.